The Bertz CT molecular complexity index is 163. The summed E-state index contributed by atoms with van der Waals surface area (Å²) in [6.45, 7) is 7.13. The molecule has 0 aromatic heterocycles. The SMILES string of the molecule is CC1CC(C)(C)CCC1NN(C)C. The molecule has 2 nitrogen and oxygen atoms in total. The average Bonchev–Trinajstić information content (AvgIpc) is 1.93. The molecule has 1 N–H and O–H groups in total. The highest BCUT2D eigenvalue weighted by atomic mass is 15.5. The summed E-state index contributed by atoms with van der Waals surface area (Å²) in [6.07, 6.45) is 4.01. The standard InChI is InChI=1S/C11H24N2/c1-9-8-11(2,3)7-6-10(9)12-13(4)5/h9-10,12H,6-8H2,1-5H3. The number of rotatable bonds is 2. The predicted octanol–water partition coefficient (Wildman–Crippen LogP) is 2.27. The fourth-order valence-electron chi connectivity index (χ4n) is 2.47. The molecule has 0 aromatic carbocycles. The lowest BCUT2D eigenvalue weighted by Crippen LogP contribution is -2.47. The fourth-order valence-corrected chi connectivity index (χ4v) is 2.47. The molecule has 2 unspecified atom stereocenters. The first-order valence-corrected chi connectivity index (χ1v) is 5.34. The van der Waals surface area contributed by atoms with Gasteiger partial charge < -0.3 is 0 Å². The molecule has 13 heavy (non-hydrogen) atoms. The van der Waals surface area contributed by atoms with E-state index in [0.717, 1.165) is 5.92 Å². The van der Waals surface area contributed by atoms with Gasteiger partial charge in [-0.05, 0) is 30.6 Å². The van der Waals surface area contributed by atoms with E-state index in [1.165, 1.54) is 19.3 Å². The summed E-state index contributed by atoms with van der Waals surface area (Å²) in [7, 11) is 4.15. The second-order valence-electron chi connectivity index (χ2n) is 5.51. The minimum absolute atomic E-state index is 0.559. The van der Waals surface area contributed by atoms with Crippen LogP contribution in [0.15, 0.2) is 0 Å². The van der Waals surface area contributed by atoms with Crippen molar-refractivity contribution >= 4 is 0 Å². The Balaban J connectivity index is 2.44. The molecule has 1 fully saturated rings. The summed E-state index contributed by atoms with van der Waals surface area (Å²) < 4.78 is 0. The first-order valence-electron chi connectivity index (χ1n) is 5.34. The molecule has 1 aliphatic carbocycles. The summed E-state index contributed by atoms with van der Waals surface area (Å²) in [6, 6.07) is 0.683. The molecule has 0 aliphatic heterocycles. The van der Waals surface area contributed by atoms with E-state index in [4.69, 9.17) is 0 Å². The van der Waals surface area contributed by atoms with Crippen LogP contribution in [0.25, 0.3) is 0 Å². The van der Waals surface area contributed by atoms with Crippen molar-refractivity contribution in [3.8, 4) is 0 Å². The molecule has 0 spiro atoms. The molecule has 2 atom stereocenters. The maximum Gasteiger partial charge on any atom is 0.0241 e. The molecule has 1 aliphatic rings. The first-order chi connectivity index (χ1) is 5.91. The third kappa shape index (κ3) is 3.28. The minimum atomic E-state index is 0.559. The van der Waals surface area contributed by atoms with Crippen LogP contribution in [-0.2, 0) is 0 Å². The number of nitrogens with one attached hydrogen (secondary N) is 1. The van der Waals surface area contributed by atoms with Gasteiger partial charge in [0.1, 0.15) is 0 Å². The predicted molar refractivity (Wildman–Crippen MR) is 57.4 cm³/mol. The van der Waals surface area contributed by atoms with Gasteiger partial charge in [-0.2, -0.15) is 0 Å². The van der Waals surface area contributed by atoms with E-state index in [9.17, 15) is 0 Å². The van der Waals surface area contributed by atoms with Gasteiger partial charge in [0, 0.05) is 20.1 Å². The Morgan fingerprint density at radius 3 is 2.38 bits per heavy atom. The molecule has 0 radical (unpaired) electrons. The summed E-state index contributed by atoms with van der Waals surface area (Å²) in [4.78, 5) is 0. The van der Waals surface area contributed by atoms with Crippen LogP contribution < -0.4 is 5.43 Å². The van der Waals surface area contributed by atoms with Gasteiger partial charge >= 0.3 is 0 Å². The lowest BCUT2D eigenvalue weighted by molar-refractivity contribution is 0.102. The highest BCUT2D eigenvalue weighted by Gasteiger charge is 2.32. The highest BCUT2D eigenvalue weighted by molar-refractivity contribution is 4.85. The summed E-state index contributed by atoms with van der Waals surface area (Å²) in [5.74, 6) is 0.797. The average molecular weight is 184 g/mol. The van der Waals surface area contributed by atoms with Gasteiger partial charge in [0.15, 0.2) is 0 Å². The minimum Gasteiger partial charge on any atom is -0.252 e. The van der Waals surface area contributed by atoms with Crippen LogP contribution in [0.3, 0.4) is 0 Å². The molecular weight excluding hydrogens is 160 g/mol. The van der Waals surface area contributed by atoms with E-state index in [2.05, 4.69) is 45.3 Å². The molecule has 1 saturated carbocycles. The van der Waals surface area contributed by atoms with Crippen molar-refractivity contribution in [1.82, 2.24) is 10.4 Å². The molecule has 0 aromatic rings. The van der Waals surface area contributed by atoms with Gasteiger partial charge in [0.25, 0.3) is 0 Å². The van der Waals surface area contributed by atoms with Crippen LogP contribution >= 0.6 is 0 Å². The van der Waals surface area contributed by atoms with Crippen LogP contribution in [0.5, 0.6) is 0 Å². The van der Waals surface area contributed by atoms with Gasteiger partial charge in [0.2, 0.25) is 0 Å². The highest BCUT2D eigenvalue weighted by Crippen LogP contribution is 2.38. The molecule has 0 heterocycles. The van der Waals surface area contributed by atoms with E-state index < -0.39 is 0 Å². The van der Waals surface area contributed by atoms with E-state index in [-0.39, 0.29) is 0 Å². The fraction of sp³-hybridized carbons (Fsp3) is 1.00. The topological polar surface area (TPSA) is 15.3 Å². The van der Waals surface area contributed by atoms with E-state index in [0.29, 0.717) is 11.5 Å². The van der Waals surface area contributed by atoms with Crippen molar-refractivity contribution in [3.63, 3.8) is 0 Å². The quantitative estimate of drug-likeness (QED) is 0.662. The molecule has 78 valence electrons. The normalized spacial score (nSPS) is 33.7. The maximum absolute atomic E-state index is 3.50. The lowest BCUT2D eigenvalue weighted by atomic mass is 9.71. The Kier molecular flexibility index (Phi) is 3.36. The summed E-state index contributed by atoms with van der Waals surface area (Å²) in [5, 5.41) is 2.08. The summed E-state index contributed by atoms with van der Waals surface area (Å²) >= 11 is 0. The third-order valence-electron chi connectivity index (χ3n) is 3.12. The van der Waals surface area contributed by atoms with Gasteiger partial charge in [-0.25, -0.2) is 0 Å². The van der Waals surface area contributed by atoms with E-state index in [1.54, 1.807) is 0 Å². The zero-order valence-corrected chi connectivity index (χ0v) is 9.72. The third-order valence-corrected chi connectivity index (χ3v) is 3.12. The van der Waals surface area contributed by atoms with Crippen molar-refractivity contribution in [2.24, 2.45) is 11.3 Å². The van der Waals surface area contributed by atoms with E-state index >= 15 is 0 Å². The second-order valence-corrected chi connectivity index (χ2v) is 5.51. The number of nitrogens with zero attached hydrogens (tertiary/aromatic N) is 1. The van der Waals surface area contributed by atoms with Crippen LogP contribution in [0.1, 0.15) is 40.0 Å². The Morgan fingerprint density at radius 2 is 1.92 bits per heavy atom. The Labute approximate surface area is 82.7 Å². The van der Waals surface area contributed by atoms with Crippen LogP contribution in [-0.4, -0.2) is 25.1 Å². The zero-order valence-electron chi connectivity index (χ0n) is 9.72. The van der Waals surface area contributed by atoms with E-state index in [1.807, 2.05) is 0 Å². The van der Waals surface area contributed by atoms with Crippen molar-refractivity contribution in [2.75, 3.05) is 14.1 Å². The molecule has 0 bridgehead atoms. The lowest BCUT2D eigenvalue weighted by Gasteiger charge is -2.40. The largest absolute Gasteiger partial charge is 0.252 e. The molecular formula is C11H24N2. The van der Waals surface area contributed by atoms with Crippen LogP contribution in [0, 0.1) is 11.3 Å². The monoisotopic (exact) mass is 184 g/mol. The van der Waals surface area contributed by atoms with Crippen molar-refractivity contribution in [2.45, 2.75) is 46.1 Å². The molecule has 0 amide bonds. The van der Waals surface area contributed by atoms with Crippen LogP contribution in [0.4, 0.5) is 0 Å². The van der Waals surface area contributed by atoms with Gasteiger partial charge in [-0.1, -0.05) is 20.8 Å². The molecule has 1 rings (SSSR count). The van der Waals surface area contributed by atoms with Gasteiger partial charge in [0.05, 0.1) is 0 Å². The Hall–Kier alpha value is -0.0800. The van der Waals surface area contributed by atoms with Crippen molar-refractivity contribution in [3.05, 3.63) is 0 Å². The van der Waals surface area contributed by atoms with Crippen LogP contribution in [0.2, 0.25) is 0 Å². The van der Waals surface area contributed by atoms with Gasteiger partial charge in [-0.3, -0.25) is 10.4 Å². The number of hydrazine groups is 1. The van der Waals surface area contributed by atoms with Crippen molar-refractivity contribution < 1.29 is 0 Å². The summed E-state index contributed by atoms with van der Waals surface area (Å²) in [5.41, 5.74) is 4.06. The Morgan fingerprint density at radius 1 is 1.31 bits per heavy atom. The molecule has 0 saturated heterocycles. The van der Waals surface area contributed by atoms with Crippen molar-refractivity contribution in [1.29, 1.82) is 0 Å². The van der Waals surface area contributed by atoms with Gasteiger partial charge in [-0.15, -0.1) is 0 Å². The number of hydrogen-bond donors (Lipinski definition) is 1. The second kappa shape index (κ2) is 3.97. The number of hydrogen-bond acceptors (Lipinski definition) is 2. The molecule has 2 heteroatoms. The smallest absolute Gasteiger partial charge is 0.0241 e. The first kappa shape index (κ1) is 11.0. The zero-order chi connectivity index (χ0) is 10.1. The maximum atomic E-state index is 3.50.